The molecule has 1 aliphatic rings. The Morgan fingerprint density at radius 1 is 1.25 bits per heavy atom. The van der Waals surface area contributed by atoms with Crippen LogP contribution < -0.4 is 10.6 Å². The van der Waals surface area contributed by atoms with E-state index >= 15 is 0 Å². The van der Waals surface area contributed by atoms with E-state index in [1.54, 1.807) is 16.5 Å². The van der Waals surface area contributed by atoms with Crippen LogP contribution >= 0.6 is 22.9 Å². The average molecular weight is 470 g/mol. The minimum atomic E-state index is -0.142. The van der Waals surface area contributed by atoms with Crippen LogP contribution in [0.25, 0.3) is 0 Å². The molecule has 2 amide bonds. The van der Waals surface area contributed by atoms with Crippen LogP contribution in [0.5, 0.6) is 0 Å². The molecule has 0 aliphatic heterocycles. The fourth-order valence-corrected chi connectivity index (χ4v) is 4.13. The summed E-state index contributed by atoms with van der Waals surface area (Å²) in [6.45, 7) is 2.72. The summed E-state index contributed by atoms with van der Waals surface area (Å²) in [5.41, 5.74) is 3.08. The predicted molar refractivity (Wildman–Crippen MR) is 126 cm³/mol. The molecule has 0 saturated heterocycles. The summed E-state index contributed by atoms with van der Waals surface area (Å²) >= 11 is 7.45. The van der Waals surface area contributed by atoms with Crippen molar-refractivity contribution in [1.29, 1.82) is 0 Å². The smallest absolute Gasteiger partial charge is 0.273 e. The molecule has 1 saturated carbocycles. The number of hydrogen-bond donors (Lipinski definition) is 2. The number of carbonyl (C=O) groups excluding carboxylic acids is 2. The Bertz CT molecular complexity index is 1100. The van der Waals surface area contributed by atoms with Crippen LogP contribution in [-0.2, 0) is 11.3 Å². The highest BCUT2D eigenvalue weighted by molar-refractivity contribution is 7.14. The van der Waals surface area contributed by atoms with E-state index in [2.05, 4.69) is 20.6 Å². The van der Waals surface area contributed by atoms with Crippen LogP contribution in [0.4, 0.5) is 10.8 Å². The van der Waals surface area contributed by atoms with Crippen molar-refractivity contribution in [2.75, 3.05) is 11.9 Å². The van der Waals surface area contributed by atoms with Crippen molar-refractivity contribution in [2.24, 2.45) is 0 Å². The van der Waals surface area contributed by atoms with Crippen molar-refractivity contribution >= 4 is 45.6 Å². The summed E-state index contributed by atoms with van der Waals surface area (Å²) in [6, 6.07) is 11.3. The molecule has 0 spiro atoms. The zero-order valence-corrected chi connectivity index (χ0v) is 19.2. The van der Waals surface area contributed by atoms with Gasteiger partial charge in [-0.05, 0) is 49.6 Å². The normalized spacial score (nSPS) is 12.9. The number of halogens is 1. The van der Waals surface area contributed by atoms with Crippen LogP contribution in [-0.4, -0.2) is 39.3 Å². The molecular weight excluding hydrogens is 446 g/mol. The molecule has 9 heteroatoms. The summed E-state index contributed by atoms with van der Waals surface area (Å²) in [7, 11) is 0. The maximum absolute atomic E-state index is 13.1. The molecule has 1 aromatic carbocycles. The van der Waals surface area contributed by atoms with Crippen molar-refractivity contribution in [3.8, 4) is 0 Å². The van der Waals surface area contributed by atoms with Gasteiger partial charge in [0.25, 0.3) is 5.91 Å². The highest BCUT2D eigenvalue weighted by Crippen LogP contribution is 2.30. The lowest BCUT2D eigenvalue weighted by Gasteiger charge is -2.21. The van der Waals surface area contributed by atoms with Gasteiger partial charge in [0.1, 0.15) is 5.69 Å². The topological polar surface area (TPSA) is 87.2 Å². The van der Waals surface area contributed by atoms with E-state index in [1.165, 1.54) is 11.3 Å². The fourth-order valence-electron chi connectivity index (χ4n) is 3.26. The van der Waals surface area contributed by atoms with E-state index in [9.17, 15) is 9.59 Å². The molecule has 166 valence electrons. The molecule has 32 heavy (non-hydrogen) atoms. The van der Waals surface area contributed by atoms with E-state index in [-0.39, 0.29) is 24.3 Å². The SMILES string of the molecule is Cc1ccc(Cl)cc1Nc1nc(C(=O)N(CCC(=O)NCc2ccccn2)C2CC2)cs1. The molecule has 3 aromatic rings. The standard InChI is InChI=1S/C23H24ClN5O2S/c1-15-5-6-16(24)12-19(15)27-23-28-20(14-32-23)22(31)29(18-7-8-18)11-9-21(30)26-13-17-4-2-3-10-25-17/h2-6,10,12,14,18H,7-9,11,13H2,1H3,(H,26,30)(H,27,28). The Balaban J connectivity index is 1.34. The van der Waals surface area contributed by atoms with Gasteiger partial charge in [0.05, 0.1) is 12.2 Å². The minimum absolute atomic E-state index is 0.105. The maximum Gasteiger partial charge on any atom is 0.273 e. The Labute approximate surface area is 195 Å². The predicted octanol–water partition coefficient (Wildman–Crippen LogP) is 4.55. The second-order valence-electron chi connectivity index (χ2n) is 7.70. The number of anilines is 2. The van der Waals surface area contributed by atoms with Crippen LogP contribution in [0, 0.1) is 6.92 Å². The number of carbonyl (C=O) groups is 2. The number of benzene rings is 1. The lowest BCUT2D eigenvalue weighted by molar-refractivity contribution is -0.121. The van der Waals surface area contributed by atoms with Crippen molar-refractivity contribution in [3.05, 3.63) is 69.9 Å². The van der Waals surface area contributed by atoms with Crippen LogP contribution in [0.2, 0.25) is 5.02 Å². The van der Waals surface area contributed by atoms with Gasteiger partial charge < -0.3 is 15.5 Å². The second kappa shape index (κ2) is 10.1. The Kier molecular flexibility index (Phi) is 7.02. The first-order valence-electron chi connectivity index (χ1n) is 10.5. The van der Waals surface area contributed by atoms with E-state index in [0.29, 0.717) is 28.9 Å². The minimum Gasteiger partial charge on any atom is -0.350 e. The van der Waals surface area contributed by atoms with Crippen LogP contribution in [0.3, 0.4) is 0 Å². The number of aromatic nitrogens is 2. The summed E-state index contributed by atoms with van der Waals surface area (Å²) < 4.78 is 0. The van der Waals surface area contributed by atoms with Crippen LogP contribution in [0.1, 0.15) is 41.0 Å². The third-order valence-corrected chi connectivity index (χ3v) is 6.18. The quantitative estimate of drug-likeness (QED) is 0.480. The molecule has 2 aromatic heterocycles. The van der Waals surface area contributed by atoms with Crippen molar-refractivity contribution in [3.63, 3.8) is 0 Å². The monoisotopic (exact) mass is 469 g/mol. The van der Waals surface area contributed by atoms with E-state index in [4.69, 9.17) is 11.6 Å². The third kappa shape index (κ3) is 5.83. The lowest BCUT2D eigenvalue weighted by Crippen LogP contribution is -2.37. The first-order valence-corrected chi connectivity index (χ1v) is 11.7. The number of aryl methyl sites for hydroxylation is 1. The molecule has 0 atom stereocenters. The molecule has 7 nitrogen and oxygen atoms in total. The number of rotatable bonds is 9. The van der Waals surface area contributed by atoms with Gasteiger partial charge in [-0.1, -0.05) is 23.7 Å². The van der Waals surface area contributed by atoms with Crippen molar-refractivity contribution in [1.82, 2.24) is 20.2 Å². The highest BCUT2D eigenvalue weighted by Gasteiger charge is 2.34. The molecule has 1 aliphatic carbocycles. The molecule has 0 bridgehead atoms. The summed E-state index contributed by atoms with van der Waals surface area (Å²) in [4.78, 5) is 35.8. The van der Waals surface area contributed by atoms with Gasteiger partial charge >= 0.3 is 0 Å². The van der Waals surface area contributed by atoms with Crippen LogP contribution in [0.15, 0.2) is 48.0 Å². The molecule has 4 rings (SSSR count). The molecule has 0 radical (unpaired) electrons. The Morgan fingerprint density at radius 3 is 2.84 bits per heavy atom. The Hall–Kier alpha value is -2.97. The van der Waals surface area contributed by atoms with Gasteiger partial charge in [0, 0.05) is 41.3 Å². The number of pyridine rings is 1. The molecule has 1 fully saturated rings. The fraction of sp³-hybridized carbons (Fsp3) is 0.304. The molecular formula is C23H24ClN5O2S. The summed E-state index contributed by atoms with van der Waals surface area (Å²) in [5, 5.41) is 9.11. The number of thiazole rings is 1. The van der Waals surface area contributed by atoms with Gasteiger partial charge in [-0.2, -0.15) is 0 Å². The first kappa shape index (κ1) is 22.2. The van der Waals surface area contributed by atoms with Gasteiger partial charge in [0.15, 0.2) is 5.13 Å². The largest absolute Gasteiger partial charge is 0.350 e. The van der Waals surface area contributed by atoms with Gasteiger partial charge in [0.2, 0.25) is 5.91 Å². The first-order chi connectivity index (χ1) is 15.5. The number of amides is 2. The molecule has 2 N–H and O–H groups in total. The van der Waals surface area contributed by atoms with Gasteiger partial charge in [-0.25, -0.2) is 4.98 Å². The second-order valence-corrected chi connectivity index (χ2v) is 8.99. The van der Waals surface area contributed by atoms with E-state index in [1.807, 2.05) is 43.3 Å². The van der Waals surface area contributed by atoms with Crippen molar-refractivity contribution in [2.45, 2.75) is 38.8 Å². The number of hydrogen-bond acceptors (Lipinski definition) is 6. The Morgan fingerprint density at radius 2 is 2.09 bits per heavy atom. The van der Waals surface area contributed by atoms with E-state index in [0.717, 1.165) is 29.8 Å². The maximum atomic E-state index is 13.1. The number of nitrogens with zero attached hydrogens (tertiary/aromatic N) is 3. The lowest BCUT2D eigenvalue weighted by atomic mass is 10.2. The molecule has 2 heterocycles. The highest BCUT2D eigenvalue weighted by atomic mass is 35.5. The zero-order valence-electron chi connectivity index (χ0n) is 17.7. The molecule has 0 unspecified atom stereocenters. The van der Waals surface area contributed by atoms with Gasteiger partial charge in [-0.15, -0.1) is 11.3 Å². The van der Waals surface area contributed by atoms with Crippen molar-refractivity contribution < 1.29 is 9.59 Å². The average Bonchev–Trinajstić information content (AvgIpc) is 3.53. The zero-order chi connectivity index (χ0) is 22.5. The van der Waals surface area contributed by atoms with E-state index < -0.39 is 0 Å². The van der Waals surface area contributed by atoms with Gasteiger partial charge in [-0.3, -0.25) is 14.6 Å². The third-order valence-electron chi connectivity index (χ3n) is 5.19. The summed E-state index contributed by atoms with van der Waals surface area (Å²) in [6.07, 6.45) is 3.85. The summed E-state index contributed by atoms with van der Waals surface area (Å²) in [5.74, 6) is -0.247. The number of nitrogens with one attached hydrogen (secondary N) is 2.